The number of fused-ring (bicyclic) bond motifs is 5. The fourth-order valence-corrected chi connectivity index (χ4v) is 6.79. The van der Waals surface area contributed by atoms with Gasteiger partial charge in [-0.05, 0) is 79.9 Å². The minimum Gasteiger partial charge on any atom is -0.413 e. The minimum atomic E-state index is -0.755. The van der Waals surface area contributed by atoms with Crippen LogP contribution in [0.2, 0.25) is 11.6 Å². The zero-order chi connectivity index (χ0) is 17.8. The predicted molar refractivity (Wildman–Crippen MR) is 104 cm³/mol. The number of ketones is 1. The lowest BCUT2D eigenvalue weighted by Gasteiger charge is -2.49. The van der Waals surface area contributed by atoms with Gasteiger partial charge in [0.05, 0.1) is 0 Å². The first-order valence-electron chi connectivity index (χ1n) is 10.3. The van der Waals surface area contributed by atoms with Gasteiger partial charge in [-0.15, -0.1) is 0 Å². The third-order valence-electron chi connectivity index (χ3n) is 7.48. The van der Waals surface area contributed by atoms with Crippen molar-refractivity contribution in [2.24, 2.45) is 29.6 Å². The number of hydrogen-bond donors (Lipinski definition) is 0. The number of hydrogen-bond acceptors (Lipinski definition) is 2. The maximum Gasteiger partial charge on any atom is 0.214 e. The van der Waals surface area contributed by atoms with Gasteiger partial charge in [0.2, 0.25) is 9.04 Å². The maximum atomic E-state index is 12.1. The Kier molecular flexibility index (Phi) is 4.60. The van der Waals surface area contributed by atoms with Gasteiger partial charge >= 0.3 is 0 Å². The Morgan fingerprint density at radius 2 is 1.84 bits per heavy atom. The molecule has 2 fully saturated rings. The van der Waals surface area contributed by atoms with Crippen LogP contribution < -0.4 is 0 Å². The van der Waals surface area contributed by atoms with Crippen LogP contribution in [-0.4, -0.2) is 20.9 Å². The molecule has 0 aromatic carbocycles. The van der Waals surface area contributed by atoms with E-state index in [2.05, 4.69) is 39.5 Å². The first-order valence-corrected chi connectivity index (χ1v) is 12.2. The van der Waals surface area contributed by atoms with Gasteiger partial charge in [0, 0.05) is 12.0 Å². The number of allylic oxidation sites excluding steroid dienone is 3. The summed E-state index contributed by atoms with van der Waals surface area (Å²) in [6.45, 7) is 9.26. The monoisotopic (exact) mass is 357 g/mol. The minimum absolute atomic E-state index is 0.313. The van der Waals surface area contributed by atoms with Crippen molar-refractivity contribution < 1.29 is 9.22 Å². The second-order valence-corrected chi connectivity index (χ2v) is 12.6. The zero-order valence-electron chi connectivity index (χ0n) is 16.3. The predicted octanol–water partition coefficient (Wildman–Crippen LogP) is 5.32. The smallest absolute Gasteiger partial charge is 0.214 e. The van der Waals surface area contributed by atoms with E-state index in [9.17, 15) is 4.79 Å². The van der Waals surface area contributed by atoms with E-state index >= 15 is 0 Å². The van der Waals surface area contributed by atoms with Crippen LogP contribution in [0.4, 0.5) is 0 Å². The van der Waals surface area contributed by atoms with E-state index < -0.39 is 9.04 Å². The lowest BCUT2D eigenvalue weighted by Crippen LogP contribution is -2.43. The Labute approximate surface area is 154 Å². The van der Waals surface area contributed by atoms with Crippen molar-refractivity contribution in [3.8, 4) is 0 Å². The van der Waals surface area contributed by atoms with E-state index in [0.29, 0.717) is 34.7 Å². The Bertz CT molecular complexity index is 600. The third-order valence-corrected chi connectivity index (χ3v) is 10.3. The molecule has 1 radical (unpaired) electrons. The van der Waals surface area contributed by atoms with Crippen LogP contribution in [0.3, 0.4) is 0 Å². The van der Waals surface area contributed by atoms with Crippen LogP contribution in [0.5, 0.6) is 0 Å². The summed E-state index contributed by atoms with van der Waals surface area (Å²) in [5, 5.41) is 0.313. The van der Waals surface area contributed by atoms with E-state index in [-0.39, 0.29) is 0 Å². The third kappa shape index (κ3) is 3.23. The zero-order valence-corrected chi connectivity index (χ0v) is 17.3. The molecule has 0 bridgehead atoms. The molecule has 0 aromatic rings. The van der Waals surface area contributed by atoms with Crippen molar-refractivity contribution in [1.82, 2.24) is 0 Å². The fourth-order valence-electron chi connectivity index (χ4n) is 5.74. The van der Waals surface area contributed by atoms with Crippen molar-refractivity contribution in [3.05, 3.63) is 23.8 Å². The summed E-state index contributed by atoms with van der Waals surface area (Å²) >= 11 is 0. The molecule has 0 aliphatic heterocycles. The molecule has 2 nitrogen and oxygen atoms in total. The molecular weight excluding hydrogens is 324 g/mol. The topological polar surface area (TPSA) is 26.3 Å². The standard InChI is InChI=1S/C22H33O2Si/c1-22(2,3)25(4)24-15-6-8-16-14(13-15)5-7-18-17(16)9-10-20-19(18)11-12-21(20)23/h5,11-12,15-20H,6-10,13H2,1-4H3. The molecule has 4 aliphatic rings. The molecular formula is C22H33O2Si. The highest BCUT2D eigenvalue weighted by Gasteiger charge is 2.48. The second-order valence-electron chi connectivity index (χ2n) is 9.80. The Morgan fingerprint density at radius 3 is 2.60 bits per heavy atom. The van der Waals surface area contributed by atoms with Crippen LogP contribution in [-0.2, 0) is 9.22 Å². The average molecular weight is 358 g/mol. The van der Waals surface area contributed by atoms with Crippen LogP contribution in [0.15, 0.2) is 23.8 Å². The van der Waals surface area contributed by atoms with E-state index in [4.69, 9.17) is 4.43 Å². The van der Waals surface area contributed by atoms with E-state index in [1.807, 2.05) is 6.08 Å². The van der Waals surface area contributed by atoms with Gasteiger partial charge in [0.25, 0.3) is 0 Å². The lowest BCUT2D eigenvalue weighted by atomic mass is 9.57. The van der Waals surface area contributed by atoms with Crippen molar-refractivity contribution in [1.29, 1.82) is 0 Å². The summed E-state index contributed by atoms with van der Waals surface area (Å²) in [5.74, 6) is 3.54. The first-order chi connectivity index (χ1) is 11.8. The summed E-state index contributed by atoms with van der Waals surface area (Å²) in [7, 11) is -0.755. The van der Waals surface area contributed by atoms with Crippen LogP contribution in [0, 0.1) is 29.6 Å². The number of carbonyl (C=O) groups excluding carboxylic acids is 1. The van der Waals surface area contributed by atoms with Crippen LogP contribution in [0.25, 0.3) is 0 Å². The summed E-state index contributed by atoms with van der Waals surface area (Å²) in [6, 6.07) is 0. The molecule has 0 heterocycles. The highest BCUT2D eigenvalue weighted by molar-refractivity contribution is 6.53. The van der Waals surface area contributed by atoms with Gasteiger partial charge in [0.1, 0.15) is 0 Å². The molecule has 4 aliphatic carbocycles. The molecule has 4 rings (SSSR count). The van der Waals surface area contributed by atoms with Gasteiger partial charge in [-0.1, -0.05) is 38.5 Å². The SMILES string of the molecule is C[Si](OC1CCC2C(=CCC3C4C=CC(=O)C4CCC23)C1)C(C)(C)C. The largest absolute Gasteiger partial charge is 0.413 e. The molecule has 0 aromatic heterocycles. The molecule has 25 heavy (non-hydrogen) atoms. The Balaban J connectivity index is 1.45. The van der Waals surface area contributed by atoms with Gasteiger partial charge < -0.3 is 4.43 Å². The van der Waals surface area contributed by atoms with E-state index in [0.717, 1.165) is 24.7 Å². The highest BCUT2D eigenvalue weighted by Crippen LogP contribution is 2.54. The van der Waals surface area contributed by atoms with Gasteiger partial charge in [-0.2, -0.15) is 0 Å². The summed E-state index contributed by atoms with van der Waals surface area (Å²) < 4.78 is 6.53. The highest BCUT2D eigenvalue weighted by atomic mass is 28.3. The molecule has 2 saturated carbocycles. The molecule has 6 unspecified atom stereocenters. The Morgan fingerprint density at radius 1 is 1.08 bits per heavy atom. The number of carbonyl (C=O) groups is 1. The van der Waals surface area contributed by atoms with Gasteiger partial charge in [-0.25, -0.2) is 0 Å². The second kappa shape index (κ2) is 6.49. The summed E-state index contributed by atoms with van der Waals surface area (Å²) in [6.07, 6.45) is 14.4. The van der Waals surface area contributed by atoms with Crippen LogP contribution >= 0.6 is 0 Å². The molecule has 6 atom stereocenters. The van der Waals surface area contributed by atoms with Crippen molar-refractivity contribution in [3.63, 3.8) is 0 Å². The quantitative estimate of drug-likeness (QED) is 0.494. The molecule has 0 amide bonds. The van der Waals surface area contributed by atoms with E-state index in [1.54, 1.807) is 5.57 Å². The molecule has 0 spiro atoms. The van der Waals surface area contributed by atoms with Crippen molar-refractivity contribution in [2.75, 3.05) is 0 Å². The number of rotatable bonds is 2. The van der Waals surface area contributed by atoms with Crippen molar-refractivity contribution >= 4 is 14.8 Å². The molecule has 3 heteroatoms. The van der Waals surface area contributed by atoms with E-state index in [1.165, 1.54) is 25.7 Å². The summed E-state index contributed by atoms with van der Waals surface area (Å²) in [4.78, 5) is 12.1. The lowest BCUT2D eigenvalue weighted by molar-refractivity contribution is -0.120. The molecule has 0 saturated heterocycles. The van der Waals surface area contributed by atoms with Crippen LogP contribution in [0.1, 0.15) is 59.3 Å². The first kappa shape index (κ1) is 17.7. The molecule has 137 valence electrons. The normalized spacial score (nSPS) is 40.5. The summed E-state index contributed by atoms with van der Waals surface area (Å²) in [5.41, 5.74) is 1.69. The van der Waals surface area contributed by atoms with Gasteiger partial charge in [0.15, 0.2) is 5.78 Å². The maximum absolute atomic E-state index is 12.1. The fraction of sp³-hybridized carbons (Fsp3) is 0.773. The molecule has 0 N–H and O–H groups in total. The average Bonchev–Trinajstić information content (AvgIpc) is 2.95. The van der Waals surface area contributed by atoms with Gasteiger partial charge in [-0.3, -0.25) is 4.79 Å². The van der Waals surface area contributed by atoms with Crippen molar-refractivity contribution in [2.45, 2.75) is 77.0 Å². The Hall–Kier alpha value is -0.673.